The van der Waals surface area contributed by atoms with Crippen molar-refractivity contribution < 1.29 is 14.1 Å². The number of carbonyl (C=O) groups is 1. The molecule has 1 amide bonds. The summed E-state index contributed by atoms with van der Waals surface area (Å²) in [5, 5.41) is 12.9. The molecular weight excluding hydrogens is 443 g/mol. The first-order chi connectivity index (χ1) is 16.0. The SMILES string of the molecule is O=C(c1cc2sccc2n1Cc1ccc(F)cc1)N1CCN(c2ccc([N+](=O)[O-])cc2)CC1. The van der Waals surface area contributed by atoms with Gasteiger partial charge >= 0.3 is 0 Å². The van der Waals surface area contributed by atoms with Crippen molar-refractivity contribution in [2.24, 2.45) is 0 Å². The van der Waals surface area contributed by atoms with E-state index in [0.717, 1.165) is 21.5 Å². The van der Waals surface area contributed by atoms with Gasteiger partial charge in [-0.25, -0.2) is 4.39 Å². The van der Waals surface area contributed by atoms with Gasteiger partial charge in [0.2, 0.25) is 0 Å². The molecule has 1 fully saturated rings. The van der Waals surface area contributed by atoms with Gasteiger partial charge in [0.15, 0.2) is 0 Å². The molecule has 1 aliphatic rings. The topological polar surface area (TPSA) is 71.6 Å². The molecule has 0 bridgehead atoms. The number of nitro benzene ring substituents is 1. The fourth-order valence-corrected chi connectivity index (χ4v) is 5.03. The molecule has 0 aliphatic carbocycles. The number of anilines is 1. The number of fused-ring (bicyclic) bond motifs is 1. The predicted molar refractivity (Wildman–Crippen MR) is 127 cm³/mol. The maximum Gasteiger partial charge on any atom is 0.270 e. The third-order valence-corrected chi connectivity index (χ3v) is 6.84. The summed E-state index contributed by atoms with van der Waals surface area (Å²) in [6.45, 7) is 2.91. The van der Waals surface area contributed by atoms with E-state index in [-0.39, 0.29) is 17.4 Å². The normalized spacial score (nSPS) is 14.1. The number of benzene rings is 2. The van der Waals surface area contributed by atoms with Crippen LogP contribution < -0.4 is 4.90 Å². The van der Waals surface area contributed by atoms with Crippen molar-refractivity contribution in [1.82, 2.24) is 9.47 Å². The maximum absolute atomic E-state index is 13.5. The van der Waals surface area contributed by atoms with E-state index >= 15 is 0 Å². The molecule has 0 radical (unpaired) electrons. The molecule has 0 spiro atoms. The first-order valence-electron chi connectivity index (χ1n) is 10.6. The van der Waals surface area contributed by atoms with Crippen LogP contribution in [0.1, 0.15) is 16.1 Å². The standard InChI is InChI=1S/C24H21FN4O3S/c25-18-3-1-17(2-4-18)16-28-21-9-14-33-23(21)15-22(28)24(30)27-12-10-26(11-13-27)19-5-7-20(8-6-19)29(31)32/h1-9,14-15H,10-13,16H2. The summed E-state index contributed by atoms with van der Waals surface area (Å²) in [5.41, 5.74) is 3.53. The van der Waals surface area contributed by atoms with Crippen LogP contribution in [0.15, 0.2) is 66.0 Å². The Morgan fingerprint density at radius 3 is 2.36 bits per heavy atom. The largest absolute Gasteiger partial charge is 0.368 e. The molecule has 3 heterocycles. The van der Waals surface area contributed by atoms with Crippen molar-refractivity contribution in [3.8, 4) is 0 Å². The number of amides is 1. The molecule has 33 heavy (non-hydrogen) atoms. The smallest absolute Gasteiger partial charge is 0.270 e. The molecule has 4 aromatic rings. The molecule has 2 aromatic carbocycles. The van der Waals surface area contributed by atoms with Crippen LogP contribution in [-0.2, 0) is 6.54 Å². The second-order valence-electron chi connectivity index (χ2n) is 7.97. The number of thiophene rings is 1. The third-order valence-electron chi connectivity index (χ3n) is 5.99. The van der Waals surface area contributed by atoms with E-state index in [2.05, 4.69) is 4.90 Å². The van der Waals surface area contributed by atoms with Gasteiger partial charge in [0.05, 0.1) is 15.1 Å². The average molecular weight is 465 g/mol. The maximum atomic E-state index is 13.5. The van der Waals surface area contributed by atoms with Gasteiger partial charge in [-0.2, -0.15) is 0 Å². The Bertz CT molecular complexity index is 1310. The summed E-state index contributed by atoms with van der Waals surface area (Å²) < 4.78 is 16.4. The van der Waals surface area contributed by atoms with Crippen LogP contribution in [0.25, 0.3) is 10.2 Å². The van der Waals surface area contributed by atoms with Crippen molar-refractivity contribution in [2.45, 2.75) is 6.54 Å². The van der Waals surface area contributed by atoms with E-state index in [1.54, 1.807) is 35.6 Å². The first-order valence-corrected chi connectivity index (χ1v) is 11.5. The molecule has 9 heteroatoms. The van der Waals surface area contributed by atoms with Gasteiger partial charge < -0.3 is 14.4 Å². The molecular formula is C24H21FN4O3S. The van der Waals surface area contributed by atoms with Gasteiger partial charge in [0.1, 0.15) is 11.5 Å². The van der Waals surface area contributed by atoms with E-state index in [1.807, 2.05) is 27.0 Å². The van der Waals surface area contributed by atoms with E-state index in [4.69, 9.17) is 0 Å². The van der Waals surface area contributed by atoms with Crippen molar-refractivity contribution in [2.75, 3.05) is 31.1 Å². The molecule has 0 N–H and O–H groups in total. The number of carbonyl (C=O) groups excluding carboxylic acids is 1. The Hall–Kier alpha value is -3.72. The van der Waals surface area contributed by atoms with Crippen LogP contribution in [0.3, 0.4) is 0 Å². The minimum atomic E-state index is -0.410. The van der Waals surface area contributed by atoms with Crippen LogP contribution in [0.5, 0.6) is 0 Å². The first kappa shape index (κ1) is 21.1. The Kier molecular flexibility index (Phi) is 5.55. The number of hydrogen-bond acceptors (Lipinski definition) is 5. The van der Waals surface area contributed by atoms with E-state index in [1.165, 1.54) is 24.3 Å². The van der Waals surface area contributed by atoms with Crippen LogP contribution >= 0.6 is 11.3 Å². The van der Waals surface area contributed by atoms with E-state index in [9.17, 15) is 19.3 Å². The fraction of sp³-hybridized carbons (Fsp3) is 0.208. The highest BCUT2D eigenvalue weighted by molar-refractivity contribution is 7.17. The average Bonchev–Trinajstić information content (AvgIpc) is 3.43. The van der Waals surface area contributed by atoms with Crippen molar-refractivity contribution in [3.63, 3.8) is 0 Å². The number of nitro groups is 1. The highest BCUT2D eigenvalue weighted by atomic mass is 32.1. The van der Waals surface area contributed by atoms with Gasteiger partial charge in [0, 0.05) is 50.5 Å². The van der Waals surface area contributed by atoms with Crippen LogP contribution in [-0.4, -0.2) is 46.5 Å². The predicted octanol–water partition coefficient (Wildman–Crippen LogP) is 4.76. The van der Waals surface area contributed by atoms with E-state index in [0.29, 0.717) is 38.4 Å². The highest BCUT2D eigenvalue weighted by Crippen LogP contribution is 2.28. The second kappa shape index (κ2) is 8.67. The van der Waals surface area contributed by atoms with Gasteiger partial charge in [-0.1, -0.05) is 12.1 Å². The number of halogens is 1. The number of non-ortho nitro benzene ring substituents is 1. The lowest BCUT2D eigenvalue weighted by Crippen LogP contribution is -2.49. The molecule has 168 valence electrons. The summed E-state index contributed by atoms with van der Waals surface area (Å²) in [6, 6.07) is 16.8. The number of hydrogen-bond donors (Lipinski definition) is 0. The minimum absolute atomic E-state index is 0.0242. The summed E-state index contributed by atoms with van der Waals surface area (Å²) in [4.78, 5) is 27.9. The Balaban J connectivity index is 1.33. The lowest BCUT2D eigenvalue weighted by atomic mass is 10.2. The molecule has 0 unspecified atom stereocenters. The molecule has 2 aromatic heterocycles. The summed E-state index contributed by atoms with van der Waals surface area (Å²) in [5.74, 6) is -0.307. The summed E-state index contributed by atoms with van der Waals surface area (Å²) in [6.07, 6.45) is 0. The number of nitrogens with zero attached hydrogens (tertiary/aromatic N) is 4. The molecule has 5 rings (SSSR count). The molecule has 1 saturated heterocycles. The zero-order valence-corrected chi connectivity index (χ0v) is 18.5. The van der Waals surface area contributed by atoms with Crippen LogP contribution in [0.2, 0.25) is 0 Å². The van der Waals surface area contributed by atoms with Crippen LogP contribution in [0, 0.1) is 15.9 Å². The summed E-state index contributed by atoms with van der Waals surface area (Å²) >= 11 is 1.59. The molecule has 7 nitrogen and oxygen atoms in total. The van der Waals surface area contributed by atoms with Crippen molar-refractivity contribution >= 4 is 38.8 Å². The number of rotatable bonds is 5. The molecule has 1 aliphatic heterocycles. The Morgan fingerprint density at radius 1 is 1.00 bits per heavy atom. The van der Waals surface area contributed by atoms with Gasteiger partial charge in [-0.05, 0) is 47.3 Å². The second-order valence-corrected chi connectivity index (χ2v) is 8.91. The van der Waals surface area contributed by atoms with Gasteiger partial charge in [-0.15, -0.1) is 11.3 Å². The van der Waals surface area contributed by atoms with Crippen molar-refractivity contribution in [1.29, 1.82) is 0 Å². The number of aromatic nitrogens is 1. The molecule has 0 atom stereocenters. The van der Waals surface area contributed by atoms with Gasteiger partial charge in [-0.3, -0.25) is 14.9 Å². The Morgan fingerprint density at radius 2 is 1.70 bits per heavy atom. The fourth-order valence-electron chi connectivity index (χ4n) is 4.21. The molecule has 0 saturated carbocycles. The lowest BCUT2D eigenvalue weighted by Gasteiger charge is -2.36. The van der Waals surface area contributed by atoms with E-state index < -0.39 is 4.92 Å². The third kappa shape index (κ3) is 4.19. The lowest BCUT2D eigenvalue weighted by molar-refractivity contribution is -0.384. The monoisotopic (exact) mass is 464 g/mol. The van der Waals surface area contributed by atoms with Crippen LogP contribution in [0.4, 0.5) is 15.8 Å². The van der Waals surface area contributed by atoms with Gasteiger partial charge in [0.25, 0.3) is 11.6 Å². The number of piperazine rings is 1. The summed E-state index contributed by atoms with van der Waals surface area (Å²) in [7, 11) is 0. The zero-order valence-electron chi connectivity index (χ0n) is 17.7. The Labute approximate surface area is 193 Å². The van der Waals surface area contributed by atoms with Crippen molar-refractivity contribution in [3.05, 3.63) is 93.2 Å². The highest BCUT2D eigenvalue weighted by Gasteiger charge is 2.26. The quantitative estimate of drug-likeness (QED) is 0.315. The zero-order chi connectivity index (χ0) is 22.9. The minimum Gasteiger partial charge on any atom is -0.368 e.